The summed E-state index contributed by atoms with van der Waals surface area (Å²) in [6.45, 7) is 7.95. The van der Waals surface area contributed by atoms with Gasteiger partial charge in [0.2, 0.25) is 0 Å². The van der Waals surface area contributed by atoms with Gasteiger partial charge in [-0.05, 0) is 61.2 Å². The second-order valence-corrected chi connectivity index (χ2v) is 9.71. The van der Waals surface area contributed by atoms with Crippen molar-refractivity contribution in [2.24, 2.45) is 0 Å². The predicted molar refractivity (Wildman–Crippen MR) is 162 cm³/mol. The summed E-state index contributed by atoms with van der Waals surface area (Å²) < 4.78 is 8.20. The van der Waals surface area contributed by atoms with Crippen LogP contribution in [0.15, 0.2) is 103 Å². The smallest absolute Gasteiger partial charge is 0.410 e. The van der Waals surface area contributed by atoms with E-state index in [-0.39, 0.29) is 6.09 Å². The van der Waals surface area contributed by atoms with Gasteiger partial charge in [0.1, 0.15) is 5.75 Å². The topological polar surface area (TPSA) is 34.5 Å². The Labute approximate surface area is 230 Å². The molecule has 0 aliphatic rings. The summed E-state index contributed by atoms with van der Waals surface area (Å²) in [6.07, 6.45) is 6.06. The normalized spacial score (nSPS) is 11.3. The molecule has 1 aromatic heterocycles. The highest BCUT2D eigenvalue weighted by molar-refractivity contribution is 5.99. The molecule has 4 heteroatoms. The maximum absolute atomic E-state index is 12.8. The molecule has 0 N–H and O–H groups in total. The summed E-state index contributed by atoms with van der Waals surface area (Å²) in [6, 6.07) is 33.5. The number of carbonyl (C=O) groups excluding carboxylic acids is 1. The first kappa shape index (κ1) is 26.1. The Hall–Kier alpha value is -4.57. The summed E-state index contributed by atoms with van der Waals surface area (Å²) in [5.74, 6) is 0.579. The molecule has 0 aliphatic carbocycles. The van der Waals surface area contributed by atoms with E-state index in [1.54, 1.807) is 4.90 Å². The number of benzene rings is 4. The van der Waals surface area contributed by atoms with Gasteiger partial charge in [0.25, 0.3) is 0 Å². The van der Waals surface area contributed by atoms with Crippen LogP contribution in [-0.4, -0.2) is 28.6 Å². The maximum Gasteiger partial charge on any atom is 0.415 e. The SMILES string of the molecule is CCN(CC)C(=O)Oc1ccc2c(ccn2Cc2ccc(C=Cc3ccccc3)cc2)c1-c1ccc(C)cc1. The van der Waals surface area contributed by atoms with E-state index in [1.165, 1.54) is 22.3 Å². The van der Waals surface area contributed by atoms with E-state index >= 15 is 0 Å². The molecular formula is C35H34N2O2. The third-order valence-electron chi connectivity index (χ3n) is 7.07. The molecule has 1 heterocycles. The predicted octanol–water partition coefficient (Wildman–Crippen LogP) is 8.68. The molecule has 196 valence electrons. The van der Waals surface area contributed by atoms with Gasteiger partial charge in [-0.3, -0.25) is 0 Å². The summed E-state index contributed by atoms with van der Waals surface area (Å²) in [5.41, 5.74) is 7.83. The van der Waals surface area contributed by atoms with Crippen molar-refractivity contribution in [3.8, 4) is 16.9 Å². The van der Waals surface area contributed by atoms with Crippen molar-refractivity contribution in [2.75, 3.05) is 13.1 Å². The lowest BCUT2D eigenvalue weighted by atomic mass is 9.99. The second kappa shape index (κ2) is 11.9. The largest absolute Gasteiger partial charge is 0.415 e. The molecule has 5 aromatic rings. The maximum atomic E-state index is 12.8. The van der Waals surface area contributed by atoms with E-state index in [1.807, 2.05) is 38.1 Å². The molecule has 1 amide bonds. The summed E-state index contributed by atoms with van der Waals surface area (Å²) in [7, 11) is 0. The third-order valence-corrected chi connectivity index (χ3v) is 7.07. The van der Waals surface area contributed by atoms with Gasteiger partial charge < -0.3 is 14.2 Å². The number of carbonyl (C=O) groups is 1. The fraction of sp³-hybridized carbons (Fsp3) is 0.171. The number of hydrogen-bond donors (Lipinski definition) is 0. The van der Waals surface area contributed by atoms with Crippen LogP contribution < -0.4 is 4.74 Å². The van der Waals surface area contributed by atoms with E-state index in [2.05, 4.69) is 103 Å². The molecule has 0 saturated heterocycles. The lowest BCUT2D eigenvalue weighted by molar-refractivity contribution is 0.157. The highest BCUT2D eigenvalue weighted by Gasteiger charge is 2.19. The van der Waals surface area contributed by atoms with Gasteiger partial charge in [-0.25, -0.2) is 4.79 Å². The van der Waals surface area contributed by atoms with Crippen molar-refractivity contribution in [3.05, 3.63) is 126 Å². The molecule has 0 spiro atoms. The highest BCUT2D eigenvalue weighted by Crippen LogP contribution is 2.38. The average Bonchev–Trinajstić information content (AvgIpc) is 3.37. The number of rotatable bonds is 8. The molecule has 39 heavy (non-hydrogen) atoms. The minimum absolute atomic E-state index is 0.325. The van der Waals surface area contributed by atoms with E-state index < -0.39 is 0 Å². The first-order chi connectivity index (χ1) is 19.1. The number of aryl methyl sites for hydroxylation is 1. The second-order valence-electron chi connectivity index (χ2n) is 9.71. The Bertz CT molecular complexity index is 1580. The molecule has 0 unspecified atom stereocenters. The van der Waals surface area contributed by atoms with Gasteiger partial charge in [-0.1, -0.05) is 96.6 Å². The number of hydrogen-bond acceptors (Lipinski definition) is 2. The van der Waals surface area contributed by atoms with Crippen LogP contribution in [-0.2, 0) is 6.54 Å². The summed E-state index contributed by atoms with van der Waals surface area (Å²) in [4.78, 5) is 14.5. The zero-order valence-electron chi connectivity index (χ0n) is 22.8. The lowest BCUT2D eigenvalue weighted by Gasteiger charge is -2.20. The van der Waals surface area contributed by atoms with E-state index in [4.69, 9.17) is 4.74 Å². The van der Waals surface area contributed by atoms with E-state index in [9.17, 15) is 4.79 Å². The minimum Gasteiger partial charge on any atom is -0.410 e. The summed E-state index contributed by atoms with van der Waals surface area (Å²) >= 11 is 0. The van der Waals surface area contributed by atoms with Crippen molar-refractivity contribution in [2.45, 2.75) is 27.3 Å². The standard InChI is InChI=1S/C35H34N2O2/c1-4-36(5-2)35(38)39-33-22-21-32-31(34(33)30-19-11-26(3)12-20-30)23-24-37(32)25-29-17-15-28(16-18-29)14-13-27-9-7-6-8-10-27/h6-24H,4-5,25H2,1-3H3. The number of ether oxygens (including phenoxy) is 1. The first-order valence-electron chi connectivity index (χ1n) is 13.5. The van der Waals surface area contributed by atoms with Crippen LogP contribution in [0.1, 0.15) is 36.1 Å². The van der Waals surface area contributed by atoms with Crippen LogP contribution in [0.5, 0.6) is 5.75 Å². The van der Waals surface area contributed by atoms with E-state index in [0.717, 1.165) is 28.6 Å². The van der Waals surface area contributed by atoms with Crippen molar-refractivity contribution in [1.82, 2.24) is 9.47 Å². The van der Waals surface area contributed by atoms with Crippen LogP contribution in [0.25, 0.3) is 34.2 Å². The molecule has 4 aromatic carbocycles. The Morgan fingerprint density at radius 2 is 1.46 bits per heavy atom. The Morgan fingerprint density at radius 1 is 0.795 bits per heavy atom. The van der Waals surface area contributed by atoms with Gasteiger partial charge in [-0.2, -0.15) is 0 Å². The molecule has 0 saturated carbocycles. The number of amides is 1. The van der Waals surface area contributed by atoms with Gasteiger partial charge in [-0.15, -0.1) is 0 Å². The van der Waals surface area contributed by atoms with Gasteiger partial charge in [0.15, 0.2) is 0 Å². The molecule has 0 fully saturated rings. The van der Waals surface area contributed by atoms with Crippen LogP contribution in [0, 0.1) is 6.92 Å². The fourth-order valence-corrected chi connectivity index (χ4v) is 4.82. The van der Waals surface area contributed by atoms with Crippen LogP contribution >= 0.6 is 0 Å². The van der Waals surface area contributed by atoms with E-state index in [0.29, 0.717) is 18.8 Å². The van der Waals surface area contributed by atoms with Crippen molar-refractivity contribution in [3.63, 3.8) is 0 Å². The molecule has 0 radical (unpaired) electrons. The Morgan fingerprint density at radius 3 is 2.13 bits per heavy atom. The molecule has 0 bridgehead atoms. The molecule has 0 aliphatic heterocycles. The zero-order chi connectivity index (χ0) is 27.2. The van der Waals surface area contributed by atoms with Gasteiger partial charge in [0, 0.05) is 42.3 Å². The Balaban J connectivity index is 1.45. The number of nitrogens with zero attached hydrogens (tertiary/aromatic N) is 2. The van der Waals surface area contributed by atoms with Crippen LogP contribution in [0.3, 0.4) is 0 Å². The molecular weight excluding hydrogens is 480 g/mol. The van der Waals surface area contributed by atoms with Crippen LogP contribution in [0.2, 0.25) is 0 Å². The van der Waals surface area contributed by atoms with Crippen molar-refractivity contribution >= 4 is 29.1 Å². The molecule has 5 rings (SSSR count). The first-order valence-corrected chi connectivity index (χ1v) is 13.5. The zero-order valence-corrected chi connectivity index (χ0v) is 22.8. The third kappa shape index (κ3) is 5.96. The van der Waals surface area contributed by atoms with Gasteiger partial charge >= 0.3 is 6.09 Å². The van der Waals surface area contributed by atoms with Crippen molar-refractivity contribution in [1.29, 1.82) is 0 Å². The Kier molecular flexibility index (Phi) is 7.93. The lowest BCUT2D eigenvalue weighted by Crippen LogP contribution is -2.33. The monoisotopic (exact) mass is 514 g/mol. The minimum atomic E-state index is -0.325. The quantitative estimate of drug-likeness (QED) is 0.194. The molecule has 4 nitrogen and oxygen atoms in total. The number of fused-ring (bicyclic) bond motifs is 1. The fourth-order valence-electron chi connectivity index (χ4n) is 4.82. The average molecular weight is 515 g/mol. The van der Waals surface area contributed by atoms with Crippen molar-refractivity contribution < 1.29 is 9.53 Å². The van der Waals surface area contributed by atoms with Gasteiger partial charge in [0.05, 0.1) is 0 Å². The number of aromatic nitrogens is 1. The van der Waals surface area contributed by atoms with Crippen LogP contribution in [0.4, 0.5) is 4.79 Å². The summed E-state index contributed by atoms with van der Waals surface area (Å²) in [5, 5.41) is 1.06. The molecule has 0 atom stereocenters. The highest BCUT2D eigenvalue weighted by atomic mass is 16.6.